The van der Waals surface area contributed by atoms with E-state index >= 15 is 0 Å². The van der Waals surface area contributed by atoms with Gasteiger partial charge in [0.2, 0.25) is 5.91 Å². The van der Waals surface area contributed by atoms with Crippen LogP contribution in [0, 0.1) is 0 Å². The Morgan fingerprint density at radius 1 is 1.00 bits per heavy atom. The molecule has 0 saturated heterocycles. The number of rotatable bonds is 9. The van der Waals surface area contributed by atoms with Crippen LogP contribution in [0.2, 0.25) is 0 Å². The van der Waals surface area contributed by atoms with Crippen molar-refractivity contribution in [2.24, 2.45) is 5.73 Å². The Bertz CT molecular complexity index is 1450. The molecule has 1 heterocycles. The second kappa shape index (κ2) is 11.6. The number of carbonyl (C=O) groups excluding carboxylic acids is 3. The average molecular weight is 530 g/mol. The van der Waals surface area contributed by atoms with Crippen molar-refractivity contribution in [1.82, 2.24) is 9.69 Å². The van der Waals surface area contributed by atoms with Crippen molar-refractivity contribution in [2.45, 2.75) is 25.9 Å². The van der Waals surface area contributed by atoms with Crippen LogP contribution in [0.15, 0.2) is 78.9 Å². The largest absolute Gasteiger partial charge is 0.508 e. The Balaban J connectivity index is 1.86. The lowest BCUT2D eigenvalue weighted by atomic mass is 10.00. The third kappa shape index (κ3) is 5.50. The van der Waals surface area contributed by atoms with E-state index in [2.05, 4.69) is 9.69 Å². The first-order valence-corrected chi connectivity index (χ1v) is 12.7. The van der Waals surface area contributed by atoms with Gasteiger partial charge in [-0.3, -0.25) is 19.3 Å². The molecule has 0 aliphatic heterocycles. The van der Waals surface area contributed by atoms with Crippen LogP contribution in [0.3, 0.4) is 0 Å². The number of anilines is 2. The number of nitrogens with zero attached hydrogens (tertiary/aromatic N) is 2. The molecule has 10 heteroatoms. The first-order valence-electron chi connectivity index (χ1n) is 11.9. The lowest BCUT2D eigenvalue weighted by Crippen LogP contribution is -2.44. The molecule has 4 aromatic rings. The van der Waals surface area contributed by atoms with Crippen LogP contribution in [0.4, 0.5) is 11.4 Å². The number of benzene rings is 3. The SMILES string of the molecule is CCc1ccccc1N(C(=O)c1snc(C(N)=O)c1N)C(C(=O)NCc1ccccc1)c1ccc(O)cc1. The molecule has 0 aliphatic rings. The molecule has 0 fully saturated rings. The zero-order chi connectivity index (χ0) is 27.2. The molecule has 1 aromatic heterocycles. The number of nitrogens with two attached hydrogens (primary N) is 2. The summed E-state index contributed by atoms with van der Waals surface area (Å²) in [5.41, 5.74) is 13.8. The van der Waals surface area contributed by atoms with Gasteiger partial charge in [-0.1, -0.05) is 67.6 Å². The second-order valence-corrected chi connectivity index (χ2v) is 9.27. The minimum atomic E-state index is -1.14. The molecule has 3 amide bonds. The lowest BCUT2D eigenvalue weighted by Gasteiger charge is -2.32. The van der Waals surface area contributed by atoms with E-state index in [0.717, 1.165) is 22.7 Å². The molecule has 38 heavy (non-hydrogen) atoms. The molecule has 9 nitrogen and oxygen atoms in total. The van der Waals surface area contributed by atoms with Crippen LogP contribution < -0.4 is 21.7 Å². The number of hydrogen-bond donors (Lipinski definition) is 4. The number of nitrogens with one attached hydrogen (secondary N) is 1. The van der Waals surface area contributed by atoms with Crippen molar-refractivity contribution < 1.29 is 19.5 Å². The maximum Gasteiger partial charge on any atom is 0.273 e. The second-order valence-electron chi connectivity index (χ2n) is 8.49. The van der Waals surface area contributed by atoms with Gasteiger partial charge in [-0.05, 0) is 52.8 Å². The highest BCUT2D eigenvalue weighted by Gasteiger charge is 2.36. The van der Waals surface area contributed by atoms with Gasteiger partial charge in [0.25, 0.3) is 11.8 Å². The van der Waals surface area contributed by atoms with Crippen LogP contribution >= 0.6 is 11.5 Å². The van der Waals surface area contributed by atoms with Gasteiger partial charge >= 0.3 is 0 Å². The fourth-order valence-electron chi connectivity index (χ4n) is 4.11. The predicted molar refractivity (Wildman–Crippen MR) is 147 cm³/mol. The van der Waals surface area contributed by atoms with Crippen molar-refractivity contribution in [3.63, 3.8) is 0 Å². The summed E-state index contributed by atoms with van der Waals surface area (Å²) in [6.07, 6.45) is 0.582. The van der Waals surface area contributed by atoms with Gasteiger partial charge in [0, 0.05) is 12.2 Å². The summed E-state index contributed by atoms with van der Waals surface area (Å²) in [5.74, 6) is -1.89. The van der Waals surface area contributed by atoms with Crippen molar-refractivity contribution >= 4 is 40.6 Å². The van der Waals surface area contributed by atoms with Gasteiger partial charge in [0.15, 0.2) is 5.69 Å². The van der Waals surface area contributed by atoms with Gasteiger partial charge in [0.1, 0.15) is 16.7 Å². The highest BCUT2D eigenvalue weighted by molar-refractivity contribution is 7.09. The minimum absolute atomic E-state index is 0.00987. The lowest BCUT2D eigenvalue weighted by molar-refractivity contribution is -0.122. The normalized spacial score (nSPS) is 11.5. The van der Waals surface area contributed by atoms with Crippen molar-refractivity contribution in [3.8, 4) is 5.75 Å². The molecular weight excluding hydrogens is 502 g/mol. The fourth-order valence-corrected chi connectivity index (χ4v) is 4.85. The van der Waals surface area contributed by atoms with Crippen LogP contribution in [0.25, 0.3) is 0 Å². The molecule has 0 bridgehead atoms. The van der Waals surface area contributed by atoms with E-state index in [1.807, 2.05) is 49.4 Å². The Morgan fingerprint density at radius 3 is 2.29 bits per heavy atom. The minimum Gasteiger partial charge on any atom is -0.508 e. The quantitative estimate of drug-likeness (QED) is 0.259. The van der Waals surface area contributed by atoms with Gasteiger partial charge in [0.05, 0.1) is 5.69 Å². The third-order valence-electron chi connectivity index (χ3n) is 6.03. The standard InChI is InChI=1S/C28H27N5O4S/c1-2-18-10-6-7-11-21(18)33(28(37)25-22(29)23(26(30)35)32-38-25)24(19-12-14-20(34)15-13-19)27(36)31-16-17-8-4-3-5-9-17/h3-15,24,34H,2,16,29H2,1H3,(H2,30,35)(H,31,36). The number of phenols is 1. The third-order valence-corrected chi connectivity index (χ3v) is 6.88. The Morgan fingerprint density at radius 2 is 1.66 bits per heavy atom. The van der Waals surface area contributed by atoms with Crippen LogP contribution in [-0.4, -0.2) is 27.2 Å². The number of para-hydroxylation sites is 1. The van der Waals surface area contributed by atoms with Crippen LogP contribution in [0.5, 0.6) is 5.75 Å². The monoisotopic (exact) mass is 529 g/mol. The molecular formula is C28H27N5O4S. The number of aromatic nitrogens is 1. The summed E-state index contributed by atoms with van der Waals surface area (Å²) >= 11 is 0.747. The summed E-state index contributed by atoms with van der Waals surface area (Å²) in [6, 6.07) is 21.6. The molecule has 0 spiro atoms. The van der Waals surface area contributed by atoms with Crippen LogP contribution in [-0.2, 0) is 17.8 Å². The van der Waals surface area contributed by atoms with Gasteiger partial charge in [-0.15, -0.1) is 0 Å². The van der Waals surface area contributed by atoms with Crippen molar-refractivity contribution in [3.05, 3.63) is 106 Å². The summed E-state index contributed by atoms with van der Waals surface area (Å²) in [6.45, 7) is 2.18. The highest BCUT2D eigenvalue weighted by atomic mass is 32.1. The number of phenolic OH excluding ortho intramolecular Hbond substituents is 1. The Labute approximate surface area is 223 Å². The zero-order valence-corrected chi connectivity index (χ0v) is 21.4. The summed E-state index contributed by atoms with van der Waals surface area (Å²) in [5, 5.41) is 12.8. The van der Waals surface area contributed by atoms with E-state index in [4.69, 9.17) is 11.5 Å². The van der Waals surface area contributed by atoms with Crippen molar-refractivity contribution in [1.29, 1.82) is 0 Å². The number of hydrogen-bond acceptors (Lipinski definition) is 7. The van der Waals surface area contributed by atoms with E-state index in [1.165, 1.54) is 17.0 Å². The van der Waals surface area contributed by atoms with E-state index in [0.29, 0.717) is 17.7 Å². The summed E-state index contributed by atoms with van der Waals surface area (Å²) in [4.78, 5) is 41.2. The predicted octanol–water partition coefficient (Wildman–Crippen LogP) is 3.80. The molecule has 0 radical (unpaired) electrons. The number of aryl methyl sites for hydroxylation is 1. The number of primary amides is 1. The average Bonchev–Trinajstić information content (AvgIpc) is 3.32. The maximum atomic E-state index is 14.2. The molecule has 6 N–H and O–H groups in total. The van der Waals surface area contributed by atoms with E-state index < -0.39 is 23.8 Å². The first kappa shape index (κ1) is 26.4. The molecule has 3 aromatic carbocycles. The van der Waals surface area contributed by atoms with Gasteiger partial charge < -0.3 is 21.9 Å². The number of carbonyl (C=O) groups is 3. The maximum absolute atomic E-state index is 14.2. The highest BCUT2D eigenvalue weighted by Crippen LogP contribution is 2.35. The molecule has 1 unspecified atom stereocenters. The van der Waals surface area contributed by atoms with E-state index in [9.17, 15) is 19.5 Å². The van der Waals surface area contributed by atoms with E-state index in [-0.39, 0.29) is 28.6 Å². The Hall–Kier alpha value is -4.70. The molecule has 0 saturated carbocycles. The topological polar surface area (TPSA) is 152 Å². The first-order chi connectivity index (χ1) is 18.3. The summed E-state index contributed by atoms with van der Waals surface area (Å²) < 4.78 is 3.98. The zero-order valence-electron chi connectivity index (χ0n) is 20.6. The van der Waals surface area contributed by atoms with Gasteiger partial charge in [-0.25, -0.2) is 0 Å². The fraction of sp³-hybridized carbons (Fsp3) is 0.143. The molecule has 194 valence electrons. The molecule has 0 aliphatic carbocycles. The van der Waals surface area contributed by atoms with Crippen LogP contribution in [0.1, 0.15) is 49.8 Å². The number of aromatic hydroxyl groups is 1. The molecule has 4 rings (SSSR count). The number of amides is 3. The number of nitrogen functional groups attached to an aromatic ring is 1. The summed E-state index contributed by atoms with van der Waals surface area (Å²) in [7, 11) is 0. The van der Waals surface area contributed by atoms with Crippen molar-refractivity contribution in [2.75, 3.05) is 10.6 Å². The Kier molecular flexibility index (Phi) is 8.03. The molecule has 1 atom stereocenters. The smallest absolute Gasteiger partial charge is 0.273 e. The van der Waals surface area contributed by atoms with Gasteiger partial charge in [-0.2, -0.15) is 4.37 Å². The van der Waals surface area contributed by atoms with E-state index in [1.54, 1.807) is 24.3 Å².